The molecule has 0 radical (unpaired) electrons. The van der Waals surface area contributed by atoms with E-state index in [-0.39, 0.29) is 5.92 Å². The Hall–Kier alpha value is -3.09. The molecule has 1 atom stereocenters. The van der Waals surface area contributed by atoms with Gasteiger partial charge in [-0.05, 0) is 22.4 Å². The average molecular weight is 492 g/mol. The van der Waals surface area contributed by atoms with E-state index in [2.05, 4.69) is 41.3 Å². The number of nitrogens with zero attached hydrogens (tertiary/aromatic N) is 1. The van der Waals surface area contributed by atoms with E-state index in [0.717, 1.165) is 5.75 Å². The number of esters is 2. The highest BCUT2D eigenvalue weighted by Gasteiger charge is 2.37. The van der Waals surface area contributed by atoms with Gasteiger partial charge in [0.25, 0.3) is 0 Å². The number of benzene rings is 3. The molecule has 0 aliphatic heterocycles. The maximum atomic E-state index is 12.7. The minimum absolute atomic E-state index is 0.281. The van der Waals surface area contributed by atoms with Gasteiger partial charge >= 0.3 is 11.9 Å². The minimum Gasteiger partial charge on any atom is -0.468 e. The van der Waals surface area contributed by atoms with Crippen molar-refractivity contribution in [2.45, 2.75) is 18.8 Å². The van der Waals surface area contributed by atoms with E-state index in [1.165, 1.54) is 30.9 Å². The first kappa shape index (κ1) is 26.5. The summed E-state index contributed by atoms with van der Waals surface area (Å²) in [6.45, 7) is 1.94. The molecule has 0 spiro atoms. The Morgan fingerprint density at radius 2 is 1.14 bits per heavy atom. The summed E-state index contributed by atoms with van der Waals surface area (Å²) < 4.78 is 10.1. The molecule has 0 saturated carbocycles. The standard InChI is InChI=1S/C29H33NO4S/c1-33-28(31)27(29(32)34-2)26(22-35-21-25-16-10-5-11-17-25)20-30(18-23-12-6-3-7-13-23)19-24-14-8-4-9-15-24/h3-17,26-27H,18-22H2,1-2H3/t26-/m1/s1. The smallest absolute Gasteiger partial charge is 0.320 e. The molecule has 35 heavy (non-hydrogen) atoms. The van der Waals surface area contributed by atoms with Gasteiger partial charge in [-0.3, -0.25) is 14.5 Å². The molecule has 6 heteroatoms. The Morgan fingerprint density at radius 3 is 1.57 bits per heavy atom. The van der Waals surface area contributed by atoms with Crippen molar-refractivity contribution in [2.24, 2.45) is 11.8 Å². The van der Waals surface area contributed by atoms with Crippen molar-refractivity contribution < 1.29 is 19.1 Å². The van der Waals surface area contributed by atoms with Crippen LogP contribution >= 0.6 is 11.8 Å². The Kier molecular flexibility index (Phi) is 10.9. The molecule has 0 saturated heterocycles. The Bertz CT molecular complexity index is 973. The van der Waals surface area contributed by atoms with Crippen molar-refractivity contribution >= 4 is 23.7 Å². The number of hydrogen-bond acceptors (Lipinski definition) is 6. The van der Waals surface area contributed by atoms with Gasteiger partial charge in [0.15, 0.2) is 5.92 Å². The molecule has 0 amide bonds. The third-order valence-electron chi connectivity index (χ3n) is 5.82. The van der Waals surface area contributed by atoms with Crippen molar-refractivity contribution in [1.29, 1.82) is 0 Å². The summed E-state index contributed by atoms with van der Waals surface area (Å²) in [5, 5.41) is 0. The number of methoxy groups -OCH3 is 2. The van der Waals surface area contributed by atoms with Gasteiger partial charge in [0.2, 0.25) is 0 Å². The van der Waals surface area contributed by atoms with Crippen LogP contribution in [0.1, 0.15) is 16.7 Å². The molecule has 0 N–H and O–H groups in total. The monoisotopic (exact) mass is 491 g/mol. The fourth-order valence-corrected chi connectivity index (χ4v) is 5.24. The maximum Gasteiger partial charge on any atom is 0.320 e. The Balaban J connectivity index is 1.84. The van der Waals surface area contributed by atoms with Gasteiger partial charge in [-0.25, -0.2) is 0 Å². The van der Waals surface area contributed by atoms with Crippen LogP contribution < -0.4 is 0 Å². The van der Waals surface area contributed by atoms with E-state index < -0.39 is 17.9 Å². The first-order valence-electron chi connectivity index (χ1n) is 11.7. The topological polar surface area (TPSA) is 55.8 Å². The molecule has 0 bridgehead atoms. The van der Waals surface area contributed by atoms with Crippen molar-refractivity contribution in [1.82, 2.24) is 4.90 Å². The molecule has 0 unspecified atom stereocenters. The van der Waals surface area contributed by atoms with Crippen molar-refractivity contribution in [3.63, 3.8) is 0 Å². The summed E-state index contributed by atoms with van der Waals surface area (Å²) in [4.78, 5) is 27.8. The molecular weight excluding hydrogens is 458 g/mol. The SMILES string of the molecule is COC(=O)C(C(=O)OC)[C@@H](CSCc1ccccc1)CN(Cc1ccccc1)Cc1ccccc1. The molecular formula is C29H33NO4S. The predicted octanol–water partition coefficient (Wildman–Crippen LogP) is 5.20. The predicted molar refractivity (Wildman–Crippen MR) is 141 cm³/mol. The lowest BCUT2D eigenvalue weighted by atomic mass is 9.92. The zero-order valence-electron chi connectivity index (χ0n) is 20.3. The highest BCUT2D eigenvalue weighted by Crippen LogP contribution is 2.26. The van der Waals surface area contributed by atoms with E-state index in [9.17, 15) is 9.59 Å². The molecule has 3 aromatic rings. The van der Waals surface area contributed by atoms with E-state index in [0.29, 0.717) is 25.4 Å². The molecule has 0 aliphatic rings. The van der Waals surface area contributed by atoms with Gasteiger partial charge in [0.05, 0.1) is 14.2 Å². The van der Waals surface area contributed by atoms with E-state index in [4.69, 9.17) is 9.47 Å². The van der Waals surface area contributed by atoms with Gasteiger partial charge in [-0.2, -0.15) is 11.8 Å². The van der Waals surface area contributed by atoms with E-state index in [1.807, 2.05) is 54.6 Å². The molecule has 3 aromatic carbocycles. The van der Waals surface area contributed by atoms with Crippen LogP contribution in [0.5, 0.6) is 0 Å². The summed E-state index contributed by atoms with van der Waals surface area (Å²) in [6.07, 6.45) is 0. The third-order valence-corrected chi connectivity index (χ3v) is 7.02. The molecule has 5 nitrogen and oxygen atoms in total. The highest BCUT2D eigenvalue weighted by atomic mass is 32.2. The van der Waals surface area contributed by atoms with Gasteiger partial charge in [0, 0.05) is 31.3 Å². The maximum absolute atomic E-state index is 12.7. The summed E-state index contributed by atoms with van der Waals surface area (Å²) >= 11 is 1.71. The summed E-state index contributed by atoms with van der Waals surface area (Å²) in [5.74, 6) is -0.963. The number of rotatable bonds is 13. The van der Waals surface area contributed by atoms with Crippen LogP contribution in [0.2, 0.25) is 0 Å². The minimum atomic E-state index is -0.984. The van der Waals surface area contributed by atoms with Gasteiger partial charge in [-0.1, -0.05) is 91.0 Å². The third kappa shape index (κ3) is 8.57. The Morgan fingerprint density at radius 1 is 0.714 bits per heavy atom. The second-order valence-corrected chi connectivity index (χ2v) is 9.46. The number of thioether (sulfide) groups is 1. The molecule has 0 fully saturated rings. The zero-order valence-corrected chi connectivity index (χ0v) is 21.2. The van der Waals surface area contributed by atoms with Crippen LogP contribution in [0.15, 0.2) is 91.0 Å². The van der Waals surface area contributed by atoms with E-state index >= 15 is 0 Å². The quantitative estimate of drug-likeness (QED) is 0.242. The van der Waals surface area contributed by atoms with Crippen LogP contribution in [-0.2, 0) is 37.9 Å². The number of carbonyl (C=O) groups excluding carboxylic acids is 2. The number of carbonyl (C=O) groups is 2. The molecule has 184 valence electrons. The summed E-state index contributed by atoms with van der Waals surface area (Å²) in [5.41, 5.74) is 3.55. The van der Waals surface area contributed by atoms with Crippen molar-refractivity contribution in [3.8, 4) is 0 Å². The molecule has 0 aromatic heterocycles. The normalized spacial score (nSPS) is 11.9. The van der Waals surface area contributed by atoms with Crippen molar-refractivity contribution in [3.05, 3.63) is 108 Å². The van der Waals surface area contributed by atoms with Crippen LogP contribution in [0.4, 0.5) is 0 Å². The number of hydrogen-bond donors (Lipinski definition) is 0. The van der Waals surface area contributed by atoms with Crippen molar-refractivity contribution in [2.75, 3.05) is 26.5 Å². The largest absolute Gasteiger partial charge is 0.468 e. The highest BCUT2D eigenvalue weighted by molar-refractivity contribution is 7.98. The van der Waals surface area contributed by atoms with Crippen LogP contribution in [0.3, 0.4) is 0 Å². The molecule has 0 aliphatic carbocycles. The van der Waals surface area contributed by atoms with Gasteiger partial charge in [0.1, 0.15) is 0 Å². The fourth-order valence-electron chi connectivity index (χ4n) is 4.09. The lowest BCUT2D eigenvalue weighted by Gasteiger charge is -2.30. The molecule has 0 heterocycles. The fraction of sp³-hybridized carbons (Fsp3) is 0.310. The Labute approximate surface area is 212 Å². The first-order valence-corrected chi connectivity index (χ1v) is 12.8. The van der Waals surface area contributed by atoms with Crippen LogP contribution in [-0.4, -0.2) is 43.4 Å². The van der Waals surface area contributed by atoms with Crippen LogP contribution in [0, 0.1) is 11.8 Å². The lowest BCUT2D eigenvalue weighted by molar-refractivity contribution is -0.161. The second-order valence-electron chi connectivity index (χ2n) is 8.43. The average Bonchev–Trinajstić information content (AvgIpc) is 2.90. The summed E-state index contributed by atoms with van der Waals surface area (Å²) in [7, 11) is 2.64. The van der Waals surface area contributed by atoms with E-state index in [1.54, 1.807) is 11.8 Å². The summed E-state index contributed by atoms with van der Waals surface area (Å²) in [6, 6.07) is 30.6. The van der Waals surface area contributed by atoms with Gasteiger partial charge < -0.3 is 9.47 Å². The number of ether oxygens (including phenoxy) is 2. The second kappa shape index (κ2) is 14.3. The lowest BCUT2D eigenvalue weighted by Crippen LogP contribution is -2.41. The molecule has 3 rings (SSSR count). The van der Waals surface area contributed by atoms with Crippen LogP contribution in [0.25, 0.3) is 0 Å². The van der Waals surface area contributed by atoms with Gasteiger partial charge in [-0.15, -0.1) is 0 Å². The first-order chi connectivity index (χ1) is 17.1. The zero-order chi connectivity index (χ0) is 24.9.